The Morgan fingerprint density at radius 1 is 1.36 bits per heavy atom. The van der Waals surface area contributed by atoms with Crippen LogP contribution >= 0.6 is 0 Å². The summed E-state index contributed by atoms with van der Waals surface area (Å²) in [5.41, 5.74) is 1.26. The van der Waals surface area contributed by atoms with Crippen molar-refractivity contribution in [2.75, 3.05) is 6.61 Å². The molecule has 1 rings (SSSR count). The van der Waals surface area contributed by atoms with Crippen molar-refractivity contribution >= 4 is 5.90 Å². The molecule has 1 aromatic carbocycles. The molecule has 0 radical (unpaired) electrons. The first-order valence-electron chi connectivity index (χ1n) is 4.99. The molecule has 76 valence electrons. The molecule has 0 aromatic heterocycles. The van der Waals surface area contributed by atoms with Gasteiger partial charge in [-0.25, -0.2) is 0 Å². The quantitative estimate of drug-likeness (QED) is 0.575. The van der Waals surface area contributed by atoms with Gasteiger partial charge >= 0.3 is 0 Å². The molecular formula is C12H17NO. The molecule has 1 unspecified atom stereocenters. The van der Waals surface area contributed by atoms with E-state index in [-0.39, 0.29) is 0 Å². The molecular weight excluding hydrogens is 174 g/mol. The second-order valence-corrected chi connectivity index (χ2v) is 3.37. The van der Waals surface area contributed by atoms with Gasteiger partial charge in [-0.1, -0.05) is 37.3 Å². The fourth-order valence-corrected chi connectivity index (χ4v) is 1.41. The molecule has 0 aliphatic rings. The smallest absolute Gasteiger partial charge is 0.180 e. The third-order valence-corrected chi connectivity index (χ3v) is 2.18. The molecule has 2 nitrogen and oxygen atoms in total. The van der Waals surface area contributed by atoms with Gasteiger partial charge in [0.1, 0.15) is 0 Å². The molecule has 14 heavy (non-hydrogen) atoms. The maximum atomic E-state index is 7.55. The fraction of sp³-hybridized carbons (Fsp3) is 0.417. The number of benzene rings is 1. The monoisotopic (exact) mass is 191 g/mol. The SMILES string of the molecule is CCOC(=N)CC(C)c1ccccc1. The first-order chi connectivity index (χ1) is 6.74. The molecule has 1 N–H and O–H groups in total. The highest BCUT2D eigenvalue weighted by Crippen LogP contribution is 2.18. The molecule has 1 aromatic rings. The van der Waals surface area contributed by atoms with E-state index >= 15 is 0 Å². The van der Waals surface area contributed by atoms with Crippen molar-refractivity contribution in [2.24, 2.45) is 0 Å². The topological polar surface area (TPSA) is 33.1 Å². The van der Waals surface area contributed by atoms with E-state index in [1.54, 1.807) is 0 Å². The second kappa shape index (κ2) is 5.43. The molecule has 0 aliphatic heterocycles. The average Bonchev–Trinajstić information content (AvgIpc) is 2.19. The minimum Gasteiger partial charge on any atom is -0.481 e. The van der Waals surface area contributed by atoms with E-state index in [1.807, 2.05) is 25.1 Å². The summed E-state index contributed by atoms with van der Waals surface area (Å²) in [6, 6.07) is 10.2. The molecule has 0 aliphatic carbocycles. The second-order valence-electron chi connectivity index (χ2n) is 3.37. The molecule has 0 amide bonds. The summed E-state index contributed by atoms with van der Waals surface area (Å²) in [5.74, 6) is 0.735. The van der Waals surface area contributed by atoms with Crippen LogP contribution in [0, 0.1) is 5.41 Å². The summed E-state index contributed by atoms with van der Waals surface area (Å²) in [7, 11) is 0. The Balaban J connectivity index is 2.50. The highest BCUT2D eigenvalue weighted by molar-refractivity contribution is 5.73. The normalized spacial score (nSPS) is 12.1. The van der Waals surface area contributed by atoms with Crippen LogP contribution < -0.4 is 0 Å². The summed E-state index contributed by atoms with van der Waals surface area (Å²) in [4.78, 5) is 0. The molecule has 1 atom stereocenters. The lowest BCUT2D eigenvalue weighted by atomic mass is 9.98. The van der Waals surface area contributed by atoms with Crippen molar-refractivity contribution in [3.63, 3.8) is 0 Å². The Kier molecular flexibility index (Phi) is 4.17. The van der Waals surface area contributed by atoms with E-state index in [0.29, 0.717) is 24.8 Å². The highest BCUT2D eigenvalue weighted by atomic mass is 16.5. The van der Waals surface area contributed by atoms with Gasteiger partial charge in [0.25, 0.3) is 0 Å². The molecule has 0 fully saturated rings. The number of ether oxygens (including phenoxy) is 1. The third kappa shape index (κ3) is 3.21. The molecule has 0 bridgehead atoms. The van der Waals surface area contributed by atoms with Crippen LogP contribution in [0.2, 0.25) is 0 Å². The number of rotatable bonds is 4. The minimum atomic E-state index is 0.357. The summed E-state index contributed by atoms with van der Waals surface area (Å²) in [5, 5.41) is 7.55. The standard InChI is InChI=1S/C12H17NO/c1-3-14-12(13)9-10(2)11-7-5-4-6-8-11/h4-8,10,13H,3,9H2,1-2H3. The Hall–Kier alpha value is -1.31. The summed E-state index contributed by atoms with van der Waals surface area (Å²) in [6.07, 6.45) is 0.678. The molecule has 0 saturated heterocycles. The van der Waals surface area contributed by atoms with Gasteiger partial charge in [0.2, 0.25) is 0 Å². The van der Waals surface area contributed by atoms with E-state index in [1.165, 1.54) is 5.56 Å². The third-order valence-electron chi connectivity index (χ3n) is 2.18. The maximum absolute atomic E-state index is 7.55. The Bertz CT molecular complexity index is 282. The van der Waals surface area contributed by atoms with Crippen molar-refractivity contribution < 1.29 is 4.74 Å². The molecule has 0 heterocycles. The maximum Gasteiger partial charge on any atom is 0.180 e. The zero-order valence-corrected chi connectivity index (χ0v) is 8.79. The van der Waals surface area contributed by atoms with Gasteiger partial charge in [0.15, 0.2) is 5.90 Å². The highest BCUT2D eigenvalue weighted by Gasteiger charge is 2.08. The largest absolute Gasteiger partial charge is 0.481 e. The van der Waals surface area contributed by atoms with Crippen molar-refractivity contribution in [2.45, 2.75) is 26.2 Å². The van der Waals surface area contributed by atoms with Crippen molar-refractivity contribution in [3.05, 3.63) is 35.9 Å². The fourth-order valence-electron chi connectivity index (χ4n) is 1.41. The van der Waals surface area contributed by atoms with Gasteiger partial charge < -0.3 is 4.74 Å². The van der Waals surface area contributed by atoms with Crippen LogP contribution in [0.5, 0.6) is 0 Å². The van der Waals surface area contributed by atoms with Crippen molar-refractivity contribution in [1.29, 1.82) is 5.41 Å². The van der Waals surface area contributed by atoms with Crippen molar-refractivity contribution in [1.82, 2.24) is 0 Å². The summed E-state index contributed by atoms with van der Waals surface area (Å²) >= 11 is 0. The van der Waals surface area contributed by atoms with E-state index in [0.717, 1.165) is 0 Å². The van der Waals surface area contributed by atoms with E-state index < -0.39 is 0 Å². The summed E-state index contributed by atoms with van der Waals surface area (Å²) in [6.45, 7) is 4.60. The van der Waals surface area contributed by atoms with Crippen LogP contribution in [-0.2, 0) is 4.74 Å². The minimum absolute atomic E-state index is 0.357. The van der Waals surface area contributed by atoms with Gasteiger partial charge in [0.05, 0.1) is 6.61 Å². The van der Waals surface area contributed by atoms with Gasteiger partial charge in [-0.05, 0) is 18.4 Å². The van der Waals surface area contributed by atoms with Crippen molar-refractivity contribution in [3.8, 4) is 0 Å². The van der Waals surface area contributed by atoms with Crippen LogP contribution in [0.25, 0.3) is 0 Å². The molecule has 2 heteroatoms. The van der Waals surface area contributed by atoms with Gasteiger partial charge in [0, 0.05) is 6.42 Å². The zero-order chi connectivity index (χ0) is 10.4. The van der Waals surface area contributed by atoms with E-state index in [4.69, 9.17) is 10.1 Å². The van der Waals surface area contributed by atoms with Crippen LogP contribution in [-0.4, -0.2) is 12.5 Å². The Morgan fingerprint density at radius 2 is 2.00 bits per heavy atom. The van der Waals surface area contributed by atoms with Crippen LogP contribution in [0.4, 0.5) is 0 Å². The predicted octanol–water partition coefficient (Wildman–Crippen LogP) is 3.19. The predicted molar refractivity (Wildman–Crippen MR) is 58.8 cm³/mol. The van der Waals surface area contributed by atoms with Gasteiger partial charge in [-0.15, -0.1) is 0 Å². The van der Waals surface area contributed by atoms with Gasteiger partial charge in [-0.2, -0.15) is 0 Å². The Labute approximate surface area is 85.4 Å². The van der Waals surface area contributed by atoms with Crippen LogP contribution in [0.3, 0.4) is 0 Å². The average molecular weight is 191 g/mol. The molecule has 0 spiro atoms. The number of nitrogens with one attached hydrogen (secondary N) is 1. The lowest BCUT2D eigenvalue weighted by Gasteiger charge is -2.12. The number of hydrogen-bond acceptors (Lipinski definition) is 2. The van der Waals surface area contributed by atoms with Gasteiger partial charge in [-0.3, -0.25) is 5.41 Å². The first-order valence-corrected chi connectivity index (χ1v) is 4.99. The lowest BCUT2D eigenvalue weighted by Crippen LogP contribution is -2.07. The Morgan fingerprint density at radius 3 is 2.57 bits per heavy atom. The van der Waals surface area contributed by atoms with Crippen LogP contribution in [0.15, 0.2) is 30.3 Å². The first kappa shape index (κ1) is 10.8. The number of hydrogen-bond donors (Lipinski definition) is 1. The summed E-state index contributed by atoms with van der Waals surface area (Å²) < 4.78 is 5.12. The van der Waals surface area contributed by atoms with Crippen LogP contribution in [0.1, 0.15) is 31.7 Å². The van der Waals surface area contributed by atoms with E-state index in [2.05, 4.69) is 19.1 Å². The zero-order valence-electron chi connectivity index (χ0n) is 8.79. The lowest BCUT2D eigenvalue weighted by molar-refractivity contribution is 0.311. The van der Waals surface area contributed by atoms with E-state index in [9.17, 15) is 0 Å². The molecule has 0 saturated carbocycles.